The monoisotopic (exact) mass is 353 g/mol. The summed E-state index contributed by atoms with van der Waals surface area (Å²) in [6.07, 6.45) is 6.22. The lowest BCUT2D eigenvalue weighted by molar-refractivity contribution is 0.0728. The average Bonchev–Trinajstić information content (AvgIpc) is 2.63. The van der Waals surface area contributed by atoms with Crippen LogP contribution < -0.4 is 10.1 Å². The van der Waals surface area contributed by atoms with E-state index < -0.39 is 5.97 Å². The van der Waals surface area contributed by atoms with E-state index in [-0.39, 0.29) is 5.69 Å². The van der Waals surface area contributed by atoms with Crippen LogP contribution in [0.5, 0.6) is 5.75 Å². The Bertz CT molecular complexity index is 872. The molecule has 0 unspecified atom stereocenters. The van der Waals surface area contributed by atoms with Crippen molar-refractivity contribution < 1.29 is 9.53 Å². The molecule has 8 heteroatoms. The number of hydrogen-bond acceptors (Lipinski definition) is 8. The lowest BCUT2D eigenvalue weighted by Crippen LogP contribution is -2.10. The van der Waals surface area contributed by atoms with Gasteiger partial charge in [-0.1, -0.05) is 11.8 Å². The molecule has 0 bridgehead atoms. The highest BCUT2D eigenvalue weighted by Crippen LogP contribution is 2.21. The zero-order valence-corrected chi connectivity index (χ0v) is 14.4. The number of aromatic nitrogens is 4. The molecule has 0 aliphatic rings. The summed E-state index contributed by atoms with van der Waals surface area (Å²) in [5, 5.41) is 3.91. The number of carbonyl (C=O) groups excluding carboxylic acids is 1. The Morgan fingerprint density at radius 1 is 1.16 bits per heavy atom. The molecule has 126 valence electrons. The minimum Gasteiger partial charge on any atom is -0.422 e. The molecule has 0 spiro atoms. The predicted octanol–water partition coefficient (Wildman–Crippen LogP) is 3.26. The first-order valence-electron chi connectivity index (χ1n) is 7.39. The third-order valence-electron chi connectivity index (χ3n) is 3.13. The Kier molecular flexibility index (Phi) is 5.20. The van der Waals surface area contributed by atoms with Crippen LogP contribution in [0.3, 0.4) is 0 Å². The second-order valence-corrected chi connectivity index (χ2v) is 5.78. The van der Waals surface area contributed by atoms with E-state index in [1.807, 2.05) is 19.2 Å². The van der Waals surface area contributed by atoms with E-state index in [1.165, 1.54) is 30.4 Å². The van der Waals surface area contributed by atoms with Gasteiger partial charge in [0.05, 0.1) is 6.20 Å². The van der Waals surface area contributed by atoms with Gasteiger partial charge in [-0.2, -0.15) is 0 Å². The topological polar surface area (TPSA) is 89.9 Å². The summed E-state index contributed by atoms with van der Waals surface area (Å²) in [4.78, 5) is 28.4. The zero-order valence-electron chi connectivity index (χ0n) is 13.6. The normalized spacial score (nSPS) is 10.3. The SMILES string of the molecule is CSc1nc(C)cc(Nc2ccc(OC(=O)c3cnccn3)cc2)n1. The number of rotatable bonds is 5. The van der Waals surface area contributed by atoms with Crippen molar-refractivity contribution in [3.05, 3.63) is 60.3 Å². The first-order valence-corrected chi connectivity index (χ1v) is 8.61. The van der Waals surface area contributed by atoms with Crippen LogP contribution in [0.15, 0.2) is 54.1 Å². The Morgan fingerprint density at radius 3 is 2.64 bits per heavy atom. The van der Waals surface area contributed by atoms with Crippen LogP contribution in [0.2, 0.25) is 0 Å². The van der Waals surface area contributed by atoms with Gasteiger partial charge in [-0.3, -0.25) is 4.98 Å². The lowest BCUT2D eigenvalue weighted by atomic mass is 10.3. The molecule has 0 aliphatic carbocycles. The molecule has 25 heavy (non-hydrogen) atoms. The van der Waals surface area contributed by atoms with Gasteiger partial charge >= 0.3 is 5.97 Å². The van der Waals surface area contributed by atoms with Gasteiger partial charge in [-0.05, 0) is 37.4 Å². The van der Waals surface area contributed by atoms with Crippen LogP contribution in [-0.4, -0.2) is 32.2 Å². The van der Waals surface area contributed by atoms with Crippen molar-refractivity contribution in [1.82, 2.24) is 19.9 Å². The van der Waals surface area contributed by atoms with Crippen LogP contribution >= 0.6 is 11.8 Å². The molecule has 0 atom stereocenters. The minimum absolute atomic E-state index is 0.158. The highest BCUT2D eigenvalue weighted by Gasteiger charge is 2.10. The maximum absolute atomic E-state index is 11.9. The van der Waals surface area contributed by atoms with Crippen LogP contribution in [-0.2, 0) is 0 Å². The van der Waals surface area contributed by atoms with Gasteiger partial charge in [0.25, 0.3) is 0 Å². The van der Waals surface area contributed by atoms with Crippen LogP contribution in [0.25, 0.3) is 0 Å². The molecule has 2 aromatic heterocycles. The Morgan fingerprint density at radius 2 is 1.96 bits per heavy atom. The van der Waals surface area contributed by atoms with Crippen molar-refractivity contribution >= 4 is 29.2 Å². The molecule has 1 aromatic carbocycles. The second kappa shape index (κ2) is 7.71. The van der Waals surface area contributed by atoms with Gasteiger partial charge in [-0.25, -0.2) is 19.7 Å². The van der Waals surface area contributed by atoms with E-state index >= 15 is 0 Å². The molecule has 1 N–H and O–H groups in total. The number of ether oxygens (including phenoxy) is 1. The summed E-state index contributed by atoms with van der Waals surface area (Å²) in [5.74, 6) is 0.580. The van der Waals surface area contributed by atoms with Crippen molar-refractivity contribution in [3.63, 3.8) is 0 Å². The third-order valence-corrected chi connectivity index (χ3v) is 3.67. The largest absolute Gasteiger partial charge is 0.422 e. The van der Waals surface area contributed by atoms with E-state index in [0.717, 1.165) is 11.4 Å². The summed E-state index contributed by atoms with van der Waals surface area (Å²) in [6, 6.07) is 8.85. The Labute approximate surface area is 148 Å². The number of benzene rings is 1. The molecule has 0 saturated carbocycles. The molecule has 0 fully saturated rings. The van der Waals surface area contributed by atoms with E-state index in [1.54, 1.807) is 24.3 Å². The zero-order chi connectivity index (χ0) is 17.6. The Balaban J connectivity index is 1.68. The fourth-order valence-corrected chi connectivity index (χ4v) is 2.44. The van der Waals surface area contributed by atoms with Crippen molar-refractivity contribution in [2.24, 2.45) is 0 Å². The molecule has 7 nitrogen and oxygen atoms in total. The van der Waals surface area contributed by atoms with E-state index in [2.05, 4.69) is 25.3 Å². The van der Waals surface area contributed by atoms with Gasteiger partial charge in [0, 0.05) is 29.8 Å². The summed E-state index contributed by atoms with van der Waals surface area (Å²) in [7, 11) is 0. The summed E-state index contributed by atoms with van der Waals surface area (Å²) < 4.78 is 5.26. The van der Waals surface area contributed by atoms with E-state index in [0.29, 0.717) is 16.7 Å². The van der Waals surface area contributed by atoms with Crippen molar-refractivity contribution in [3.8, 4) is 5.75 Å². The Hall–Kier alpha value is -3.00. The molecule has 0 amide bonds. The second-order valence-electron chi connectivity index (χ2n) is 5.01. The number of anilines is 2. The van der Waals surface area contributed by atoms with Gasteiger partial charge < -0.3 is 10.1 Å². The van der Waals surface area contributed by atoms with E-state index in [9.17, 15) is 4.79 Å². The molecular formula is C17H15N5O2S. The van der Waals surface area contributed by atoms with Gasteiger partial charge in [0.1, 0.15) is 11.6 Å². The predicted molar refractivity (Wildman–Crippen MR) is 95.3 cm³/mol. The molecule has 2 heterocycles. The average molecular weight is 353 g/mol. The fraction of sp³-hybridized carbons (Fsp3) is 0.118. The number of esters is 1. The standard InChI is InChI=1S/C17H15N5O2S/c1-11-9-15(22-17(20-11)25-2)21-12-3-5-13(6-4-12)24-16(23)14-10-18-7-8-19-14/h3-10H,1-2H3,(H,20,21,22). The number of nitrogens with zero attached hydrogens (tertiary/aromatic N) is 4. The molecule has 0 aliphatic heterocycles. The third kappa shape index (κ3) is 4.51. The van der Waals surface area contributed by atoms with Crippen molar-refractivity contribution in [1.29, 1.82) is 0 Å². The molecule has 0 radical (unpaired) electrons. The minimum atomic E-state index is -0.551. The number of nitrogens with one attached hydrogen (secondary N) is 1. The number of carbonyl (C=O) groups is 1. The van der Waals surface area contributed by atoms with E-state index in [4.69, 9.17) is 4.74 Å². The highest BCUT2D eigenvalue weighted by atomic mass is 32.2. The first kappa shape index (κ1) is 16.8. The molecule has 0 saturated heterocycles. The van der Waals surface area contributed by atoms with Crippen molar-refractivity contribution in [2.75, 3.05) is 11.6 Å². The van der Waals surface area contributed by atoms with Gasteiger partial charge in [0.2, 0.25) is 0 Å². The smallest absolute Gasteiger partial charge is 0.363 e. The molecular weight excluding hydrogens is 338 g/mol. The maximum Gasteiger partial charge on any atom is 0.363 e. The van der Waals surface area contributed by atoms with Crippen LogP contribution in [0.4, 0.5) is 11.5 Å². The lowest BCUT2D eigenvalue weighted by Gasteiger charge is -2.09. The van der Waals surface area contributed by atoms with Crippen LogP contribution in [0.1, 0.15) is 16.2 Å². The highest BCUT2D eigenvalue weighted by molar-refractivity contribution is 7.98. The number of thioether (sulfide) groups is 1. The van der Waals surface area contributed by atoms with Crippen molar-refractivity contribution in [2.45, 2.75) is 12.1 Å². The maximum atomic E-state index is 11.9. The molecule has 3 aromatic rings. The fourth-order valence-electron chi connectivity index (χ4n) is 2.01. The number of aryl methyl sites for hydroxylation is 1. The van der Waals surface area contributed by atoms with Gasteiger partial charge in [0.15, 0.2) is 10.9 Å². The van der Waals surface area contributed by atoms with Crippen LogP contribution in [0, 0.1) is 6.92 Å². The summed E-state index contributed by atoms with van der Waals surface area (Å²) in [5.41, 5.74) is 1.87. The van der Waals surface area contributed by atoms with Gasteiger partial charge in [-0.15, -0.1) is 0 Å². The quantitative estimate of drug-likeness (QED) is 0.323. The first-order chi connectivity index (χ1) is 12.1. The molecule has 3 rings (SSSR count). The summed E-state index contributed by atoms with van der Waals surface area (Å²) >= 11 is 1.48. The summed E-state index contributed by atoms with van der Waals surface area (Å²) in [6.45, 7) is 1.92. The number of hydrogen-bond donors (Lipinski definition) is 1.